The molecular formula is C18H24N2. The lowest BCUT2D eigenvalue weighted by molar-refractivity contribution is 0.306. The summed E-state index contributed by atoms with van der Waals surface area (Å²) in [6, 6.07) is 10.7. The fourth-order valence-electron chi connectivity index (χ4n) is 3.50. The molecule has 0 saturated heterocycles. The van der Waals surface area contributed by atoms with E-state index in [1.54, 1.807) is 0 Å². The first-order valence-electron chi connectivity index (χ1n) is 7.91. The summed E-state index contributed by atoms with van der Waals surface area (Å²) in [6.45, 7) is 0.842. The molecular weight excluding hydrogens is 244 g/mol. The van der Waals surface area contributed by atoms with Crippen molar-refractivity contribution in [2.75, 3.05) is 6.54 Å². The monoisotopic (exact) mass is 268 g/mol. The minimum absolute atomic E-state index is 0.709. The molecule has 0 atom stereocenters. The molecule has 3 rings (SSSR count). The highest BCUT2D eigenvalue weighted by atomic mass is 14.7. The van der Waals surface area contributed by atoms with Crippen LogP contribution in [0.4, 0.5) is 0 Å². The lowest BCUT2D eigenvalue weighted by atomic mass is 9.77. The van der Waals surface area contributed by atoms with Gasteiger partial charge in [0.05, 0.1) is 5.52 Å². The number of para-hydroxylation sites is 1. The molecule has 106 valence electrons. The van der Waals surface area contributed by atoms with E-state index in [2.05, 4.69) is 41.5 Å². The van der Waals surface area contributed by atoms with Crippen molar-refractivity contribution in [1.29, 1.82) is 0 Å². The van der Waals surface area contributed by atoms with Crippen molar-refractivity contribution in [3.8, 4) is 0 Å². The Bertz CT molecular complexity index is 556. The lowest BCUT2D eigenvalue weighted by Gasteiger charge is -2.28. The number of rotatable bonds is 4. The van der Waals surface area contributed by atoms with Crippen molar-refractivity contribution >= 4 is 10.9 Å². The van der Waals surface area contributed by atoms with Crippen LogP contribution in [0.3, 0.4) is 0 Å². The van der Waals surface area contributed by atoms with Crippen molar-refractivity contribution in [2.24, 2.45) is 11.7 Å². The van der Waals surface area contributed by atoms with Gasteiger partial charge in [-0.1, -0.05) is 18.2 Å². The van der Waals surface area contributed by atoms with E-state index in [4.69, 9.17) is 5.73 Å². The van der Waals surface area contributed by atoms with Crippen LogP contribution in [-0.2, 0) is 0 Å². The number of nitrogens with two attached hydrogens (primary N) is 1. The Morgan fingerprint density at radius 1 is 1.10 bits per heavy atom. The first-order chi connectivity index (χ1) is 9.86. The average molecular weight is 268 g/mol. The molecule has 1 fully saturated rings. The maximum atomic E-state index is 5.61. The Balaban J connectivity index is 1.67. The molecule has 0 radical (unpaired) electrons. The maximum Gasteiger partial charge on any atom is 0.0702 e. The first kappa shape index (κ1) is 13.6. The smallest absolute Gasteiger partial charge is 0.0702 e. The Morgan fingerprint density at radius 3 is 2.70 bits per heavy atom. The fourth-order valence-corrected chi connectivity index (χ4v) is 3.50. The zero-order valence-corrected chi connectivity index (χ0v) is 12.1. The average Bonchev–Trinajstić information content (AvgIpc) is 2.53. The molecule has 0 amide bonds. The summed E-state index contributed by atoms with van der Waals surface area (Å²) < 4.78 is 0. The van der Waals surface area contributed by atoms with Crippen LogP contribution in [0.5, 0.6) is 0 Å². The standard InChI is InChI=1S/C18H24N2/c19-11-3-4-14-7-9-15(10-8-14)17-12-16-5-1-2-6-18(16)20-13-17/h1-2,5-6,12-15H,3-4,7-11,19H2. The normalized spacial score (nSPS) is 23.1. The zero-order chi connectivity index (χ0) is 13.8. The van der Waals surface area contributed by atoms with E-state index < -0.39 is 0 Å². The molecule has 1 aliphatic rings. The SMILES string of the molecule is NCCCC1CCC(c2cnc3ccccc3c2)CC1. The highest BCUT2D eigenvalue weighted by Crippen LogP contribution is 2.37. The zero-order valence-electron chi connectivity index (χ0n) is 12.1. The number of fused-ring (bicyclic) bond motifs is 1. The molecule has 20 heavy (non-hydrogen) atoms. The number of pyridine rings is 1. The van der Waals surface area contributed by atoms with Gasteiger partial charge in [0.2, 0.25) is 0 Å². The second kappa shape index (κ2) is 6.36. The van der Waals surface area contributed by atoms with Gasteiger partial charge in [-0.2, -0.15) is 0 Å². The van der Waals surface area contributed by atoms with Gasteiger partial charge in [-0.15, -0.1) is 0 Å². The third-order valence-corrected chi connectivity index (χ3v) is 4.75. The molecule has 0 spiro atoms. The minimum Gasteiger partial charge on any atom is -0.330 e. The number of benzene rings is 1. The molecule has 0 unspecified atom stereocenters. The molecule has 1 aromatic carbocycles. The Morgan fingerprint density at radius 2 is 1.90 bits per heavy atom. The molecule has 0 aliphatic heterocycles. The summed E-state index contributed by atoms with van der Waals surface area (Å²) >= 11 is 0. The van der Waals surface area contributed by atoms with Gasteiger partial charge < -0.3 is 5.73 Å². The molecule has 2 aromatic rings. The lowest BCUT2D eigenvalue weighted by Crippen LogP contribution is -2.14. The minimum atomic E-state index is 0.709. The van der Waals surface area contributed by atoms with E-state index in [1.165, 1.54) is 49.5 Å². The number of hydrogen-bond acceptors (Lipinski definition) is 2. The van der Waals surface area contributed by atoms with Crippen LogP contribution in [0.2, 0.25) is 0 Å². The molecule has 2 nitrogen and oxygen atoms in total. The highest BCUT2D eigenvalue weighted by Gasteiger charge is 2.22. The summed E-state index contributed by atoms with van der Waals surface area (Å²) in [7, 11) is 0. The molecule has 2 N–H and O–H groups in total. The van der Waals surface area contributed by atoms with Crippen molar-refractivity contribution in [3.63, 3.8) is 0 Å². The van der Waals surface area contributed by atoms with E-state index in [9.17, 15) is 0 Å². The molecule has 1 aliphatic carbocycles. The van der Waals surface area contributed by atoms with Gasteiger partial charge in [-0.3, -0.25) is 4.98 Å². The topological polar surface area (TPSA) is 38.9 Å². The second-order valence-electron chi connectivity index (χ2n) is 6.11. The maximum absolute atomic E-state index is 5.61. The summed E-state index contributed by atoms with van der Waals surface area (Å²) in [6.07, 6.45) is 9.94. The summed E-state index contributed by atoms with van der Waals surface area (Å²) in [4.78, 5) is 4.61. The van der Waals surface area contributed by atoms with Crippen molar-refractivity contribution in [1.82, 2.24) is 4.98 Å². The molecule has 1 heterocycles. The fraction of sp³-hybridized carbons (Fsp3) is 0.500. The Hall–Kier alpha value is -1.41. The molecule has 0 bridgehead atoms. The van der Waals surface area contributed by atoms with Crippen LogP contribution in [0.25, 0.3) is 10.9 Å². The van der Waals surface area contributed by atoms with Crippen molar-refractivity contribution in [2.45, 2.75) is 44.4 Å². The number of hydrogen-bond donors (Lipinski definition) is 1. The van der Waals surface area contributed by atoms with Gasteiger partial charge in [-0.05, 0) is 74.6 Å². The third kappa shape index (κ3) is 3.01. The quantitative estimate of drug-likeness (QED) is 0.900. The van der Waals surface area contributed by atoms with Crippen LogP contribution < -0.4 is 5.73 Å². The summed E-state index contributed by atoms with van der Waals surface area (Å²) in [5, 5.41) is 1.27. The van der Waals surface area contributed by atoms with Gasteiger partial charge in [-0.25, -0.2) is 0 Å². The van der Waals surface area contributed by atoms with Gasteiger partial charge in [0, 0.05) is 11.6 Å². The third-order valence-electron chi connectivity index (χ3n) is 4.75. The predicted molar refractivity (Wildman–Crippen MR) is 84.7 cm³/mol. The van der Waals surface area contributed by atoms with E-state index in [-0.39, 0.29) is 0 Å². The van der Waals surface area contributed by atoms with Crippen LogP contribution in [-0.4, -0.2) is 11.5 Å². The van der Waals surface area contributed by atoms with E-state index in [0.717, 1.165) is 18.0 Å². The van der Waals surface area contributed by atoms with E-state index >= 15 is 0 Å². The van der Waals surface area contributed by atoms with Gasteiger partial charge in [0.25, 0.3) is 0 Å². The summed E-state index contributed by atoms with van der Waals surface area (Å²) in [5.41, 5.74) is 8.14. The van der Waals surface area contributed by atoms with E-state index in [1.807, 2.05) is 0 Å². The first-order valence-corrected chi connectivity index (χ1v) is 7.91. The van der Waals surface area contributed by atoms with Gasteiger partial charge in [0.1, 0.15) is 0 Å². The van der Waals surface area contributed by atoms with Gasteiger partial charge >= 0.3 is 0 Å². The van der Waals surface area contributed by atoms with Crippen LogP contribution in [0.15, 0.2) is 36.5 Å². The van der Waals surface area contributed by atoms with Crippen molar-refractivity contribution < 1.29 is 0 Å². The predicted octanol–water partition coefficient (Wildman–Crippen LogP) is 4.25. The number of nitrogens with zero attached hydrogens (tertiary/aromatic N) is 1. The highest BCUT2D eigenvalue weighted by molar-refractivity contribution is 5.78. The molecule has 2 heteroatoms. The van der Waals surface area contributed by atoms with Crippen LogP contribution in [0, 0.1) is 5.92 Å². The second-order valence-corrected chi connectivity index (χ2v) is 6.11. The van der Waals surface area contributed by atoms with Gasteiger partial charge in [0.15, 0.2) is 0 Å². The molecule has 1 saturated carbocycles. The largest absolute Gasteiger partial charge is 0.330 e. The molecule has 1 aromatic heterocycles. The van der Waals surface area contributed by atoms with E-state index in [0.29, 0.717) is 5.92 Å². The van der Waals surface area contributed by atoms with Crippen LogP contribution >= 0.6 is 0 Å². The Kier molecular flexibility index (Phi) is 4.31. The Labute approximate surface area is 121 Å². The van der Waals surface area contributed by atoms with Crippen molar-refractivity contribution in [3.05, 3.63) is 42.1 Å². The van der Waals surface area contributed by atoms with Crippen LogP contribution in [0.1, 0.15) is 50.0 Å². The summed E-state index contributed by atoms with van der Waals surface area (Å²) in [5.74, 6) is 1.62. The number of aromatic nitrogens is 1.